The molecule has 0 aliphatic heterocycles. The Morgan fingerprint density at radius 2 is 1.73 bits per heavy atom. The molecule has 4 rings (SSSR count). The molecule has 2 aromatic rings. The first-order valence-electron chi connectivity index (χ1n) is 8.35. The molecule has 2 aliphatic rings. The molecule has 2 unspecified atom stereocenters. The summed E-state index contributed by atoms with van der Waals surface area (Å²) in [5.74, 6) is 2.22. The van der Waals surface area contributed by atoms with Crippen LogP contribution in [0.5, 0.6) is 0 Å². The topological polar surface area (TPSA) is 20.3 Å². The predicted octanol–water partition coefficient (Wildman–Crippen LogP) is 4.06. The quantitative estimate of drug-likeness (QED) is 0.817. The molecule has 0 N–H and O–H groups in total. The summed E-state index contributed by atoms with van der Waals surface area (Å²) in [4.78, 5) is 14.5. The van der Waals surface area contributed by atoms with Gasteiger partial charge in [-0.3, -0.25) is 4.79 Å². The lowest BCUT2D eigenvalue weighted by Gasteiger charge is -2.32. The fraction of sp³-hybridized carbons (Fsp3) is 0.450. The summed E-state index contributed by atoms with van der Waals surface area (Å²) in [6.45, 7) is 0. The fourth-order valence-electron chi connectivity index (χ4n) is 4.84. The number of carbonyl (C=O) groups excluding carboxylic acids is 1. The van der Waals surface area contributed by atoms with Gasteiger partial charge in [-0.05, 0) is 53.4 Å². The number of hydrogen-bond acceptors (Lipinski definition) is 1. The number of rotatable bonds is 2. The maximum atomic E-state index is 12.7. The van der Waals surface area contributed by atoms with E-state index >= 15 is 0 Å². The molecule has 2 aromatic carbocycles. The minimum Gasteiger partial charge on any atom is -0.349 e. The third kappa shape index (κ3) is 2.05. The van der Waals surface area contributed by atoms with Crippen molar-refractivity contribution in [2.75, 3.05) is 14.1 Å². The van der Waals surface area contributed by atoms with Crippen LogP contribution in [0.1, 0.15) is 30.7 Å². The Morgan fingerprint density at radius 1 is 1.00 bits per heavy atom. The molecule has 2 nitrogen and oxygen atoms in total. The Bertz CT molecular complexity index is 720. The standard InChI is InChI=1S/C20H23NO/c1-21(2)20(22)19-17-10-9-16(12-17)18(19)15-8-7-13-5-3-4-6-14(13)11-15/h3-8,11,16-19H,9-10,12H2,1-2H3/t16?,17?,18-,19-/m1/s1. The number of benzene rings is 2. The van der Waals surface area contributed by atoms with Crippen LogP contribution in [-0.2, 0) is 4.79 Å². The first kappa shape index (κ1) is 13.8. The van der Waals surface area contributed by atoms with Crippen molar-refractivity contribution in [3.63, 3.8) is 0 Å². The van der Waals surface area contributed by atoms with Gasteiger partial charge in [-0.25, -0.2) is 0 Å². The monoisotopic (exact) mass is 293 g/mol. The van der Waals surface area contributed by atoms with Crippen LogP contribution in [0.4, 0.5) is 0 Å². The second-order valence-electron chi connectivity index (χ2n) is 7.22. The molecule has 0 spiro atoms. The number of nitrogens with zero attached hydrogens (tertiary/aromatic N) is 1. The van der Waals surface area contributed by atoms with E-state index in [1.807, 2.05) is 14.1 Å². The van der Waals surface area contributed by atoms with E-state index in [1.54, 1.807) is 4.90 Å². The van der Waals surface area contributed by atoms with E-state index in [4.69, 9.17) is 0 Å². The summed E-state index contributed by atoms with van der Waals surface area (Å²) in [5.41, 5.74) is 1.37. The van der Waals surface area contributed by atoms with Gasteiger partial charge in [0.1, 0.15) is 0 Å². The molecule has 2 aliphatic carbocycles. The van der Waals surface area contributed by atoms with E-state index in [9.17, 15) is 4.79 Å². The van der Waals surface area contributed by atoms with E-state index in [-0.39, 0.29) is 5.92 Å². The molecule has 2 saturated carbocycles. The van der Waals surface area contributed by atoms with Crippen LogP contribution in [0, 0.1) is 17.8 Å². The van der Waals surface area contributed by atoms with Crippen LogP contribution >= 0.6 is 0 Å². The van der Waals surface area contributed by atoms with E-state index in [0.29, 0.717) is 23.7 Å². The maximum Gasteiger partial charge on any atom is 0.226 e. The summed E-state index contributed by atoms with van der Waals surface area (Å²) in [7, 11) is 3.79. The molecular formula is C20H23NO. The van der Waals surface area contributed by atoms with Gasteiger partial charge >= 0.3 is 0 Å². The second-order valence-corrected chi connectivity index (χ2v) is 7.22. The van der Waals surface area contributed by atoms with Gasteiger partial charge < -0.3 is 4.90 Å². The minimum absolute atomic E-state index is 0.190. The summed E-state index contributed by atoms with van der Waals surface area (Å²) in [6, 6.07) is 15.3. The lowest BCUT2D eigenvalue weighted by atomic mass is 9.74. The summed E-state index contributed by atoms with van der Waals surface area (Å²) in [6.07, 6.45) is 3.76. The largest absolute Gasteiger partial charge is 0.349 e. The molecule has 0 heterocycles. The van der Waals surface area contributed by atoms with Gasteiger partial charge in [-0.1, -0.05) is 42.5 Å². The van der Waals surface area contributed by atoms with Gasteiger partial charge in [0.2, 0.25) is 5.91 Å². The Morgan fingerprint density at radius 3 is 2.50 bits per heavy atom. The summed E-state index contributed by atoms with van der Waals surface area (Å²) >= 11 is 0. The highest BCUT2D eigenvalue weighted by Gasteiger charge is 2.51. The molecule has 0 radical (unpaired) electrons. The Labute approximate surface area is 132 Å². The molecule has 22 heavy (non-hydrogen) atoms. The Kier molecular flexibility index (Phi) is 3.21. The van der Waals surface area contributed by atoms with Crippen molar-refractivity contribution in [3.05, 3.63) is 48.0 Å². The van der Waals surface area contributed by atoms with E-state index in [1.165, 1.54) is 35.6 Å². The van der Waals surface area contributed by atoms with Crippen molar-refractivity contribution in [3.8, 4) is 0 Å². The Balaban J connectivity index is 1.76. The van der Waals surface area contributed by atoms with Gasteiger partial charge in [0, 0.05) is 20.0 Å². The molecular weight excluding hydrogens is 270 g/mol. The van der Waals surface area contributed by atoms with Gasteiger partial charge in [-0.2, -0.15) is 0 Å². The first-order valence-corrected chi connectivity index (χ1v) is 8.35. The van der Waals surface area contributed by atoms with Crippen molar-refractivity contribution in [1.29, 1.82) is 0 Å². The van der Waals surface area contributed by atoms with Crippen LogP contribution in [0.25, 0.3) is 10.8 Å². The highest BCUT2D eigenvalue weighted by atomic mass is 16.2. The number of carbonyl (C=O) groups is 1. The average Bonchev–Trinajstić information content (AvgIpc) is 3.14. The maximum absolute atomic E-state index is 12.7. The molecule has 4 atom stereocenters. The van der Waals surface area contributed by atoms with E-state index < -0.39 is 0 Å². The van der Waals surface area contributed by atoms with Crippen molar-refractivity contribution in [2.24, 2.45) is 17.8 Å². The van der Waals surface area contributed by atoms with Crippen LogP contribution in [0.15, 0.2) is 42.5 Å². The molecule has 0 saturated heterocycles. The predicted molar refractivity (Wildman–Crippen MR) is 89.7 cm³/mol. The van der Waals surface area contributed by atoms with Crippen molar-refractivity contribution in [1.82, 2.24) is 4.90 Å². The lowest BCUT2D eigenvalue weighted by molar-refractivity contribution is -0.135. The normalized spacial score (nSPS) is 29.9. The van der Waals surface area contributed by atoms with Crippen molar-refractivity contribution < 1.29 is 4.79 Å². The molecule has 2 heteroatoms. The van der Waals surface area contributed by atoms with Gasteiger partial charge in [-0.15, -0.1) is 0 Å². The zero-order valence-electron chi connectivity index (χ0n) is 13.3. The fourth-order valence-corrected chi connectivity index (χ4v) is 4.84. The smallest absolute Gasteiger partial charge is 0.226 e. The van der Waals surface area contributed by atoms with Crippen molar-refractivity contribution in [2.45, 2.75) is 25.2 Å². The van der Waals surface area contributed by atoms with E-state index in [0.717, 1.165) is 0 Å². The van der Waals surface area contributed by atoms with Gasteiger partial charge in [0.05, 0.1) is 0 Å². The second kappa shape index (κ2) is 5.12. The summed E-state index contributed by atoms with van der Waals surface area (Å²) < 4.78 is 0. The lowest BCUT2D eigenvalue weighted by Crippen LogP contribution is -2.36. The number of fused-ring (bicyclic) bond motifs is 3. The molecule has 114 valence electrons. The highest BCUT2D eigenvalue weighted by Crippen LogP contribution is 2.57. The summed E-state index contributed by atoms with van der Waals surface area (Å²) in [5, 5.41) is 2.57. The zero-order valence-corrected chi connectivity index (χ0v) is 13.3. The average molecular weight is 293 g/mol. The molecule has 2 bridgehead atoms. The molecule has 0 aromatic heterocycles. The third-order valence-corrected chi connectivity index (χ3v) is 5.80. The van der Waals surface area contributed by atoms with Crippen molar-refractivity contribution >= 4 is 16.7 Å². The number of hydrogen-bond donors (Lipinski definition) is 0. The first-order chi connectivity index (χ1) is 10.6. The zero-order chi connectivity index (χ0) is 15.3. The van der Waals surface area contributed by atoms with Crippen LogP contribution < -0.4 is 0 Å². The molecule has 2 fully saturated rings. The van der Waals surface area contributed by atoms with E-state index in [2.05, 4.69) is 42.5 Å². The third-order valence-electron chi connectivity index (χ3n) is 5.80. The van der Waals surface area contributed by atoms with Crippen LogP contribution in [-0.4, -0.2) is 24.9 Å². The highest BCUT2D eigenvalue weighted by molar-refractivity contribution is 5.84. The van der Waals surface area contributed by atoms with Gasteiger partial charge in [0.25, 0.3) is 0 Å². The minimum atomic E-state index is 0.190. The molecule has 1 amide bonds. The van der Waals surface area contributed by atoms with Crippen LogP contribution in [0.2, 0.25) is 0 Å². The number of amides is 1. The van der Waals surface area contributed by atoms with Crippen LogP contribution in [0.3, 0.4) is 0 Å². The SMILES string of the molecule is CN(C)C(=O)[C@@H]1C2CCC(C2)[C@H]1c1ccc2ccccc2c1. The Hall–Kier alpha value is -1.83. The van der Waals surface area contributed by atoms with Gasteiger partial charge in [0.15, 0.2) is 0 Å².